The summed E-state index contributed by atoms with van der Waals surface area (Å²) < 4.78 is 31.4. The van der Waals surface area contributed by atoms with Crippen molar-refractivity contribution in [3.63, 3.8) is 0 Å². The first-order valence-corrected chi connectivity index (χ1v) is 13.1. The molecule has 0 atom stereocenters. The second kappa shape index (κ2) is 11.7. The molecule has 10 nitrogen and oxygen atoms in total. The molecule has 3 aromatic heterocycles. The molecular formula is C32H27FN4O6. The van der Waals surface area contributed by atoms with Crippen LogP contribution in [-0.4, -0.2) is 40.4 Å². The number of Topliss-reactive ketones (excluding diaryl/α,β-unsaturated/α-hetero) is 1. The van der Waals surface area contributed by atoms with Crippen LogP contribution in [0.15, 0.2) is 71.7 Å². The minimum absolute atomic E-state index is 0.0588. The van der Waals surface area contributed by atoms with Crippen LogP contribution in [0.3, 0.4) is 0 Å². The monoisotopic (exact) mass is 582 g/mol. The first-order chi connectivity index (χ1) is 20.6. The number of amides is 1. The summed E-state index contributed by atoms with van der Waals surface area (Å²) in [4.78, 5) is 48.3. The smallest absolute Gasteiger partial charge is 0.266 e. The number of methoxy groups -OCH3 is 2. The Bertz CT molecular complexity index is 1940. The Morgan fingerprint density at radius 3 is 2.26 bits per heavy atom. The van der Waals surface area contributed by atoms with Gasteiger partial charge in [0.1, 0.15) is 17.1 Å². The summed E-state index contributed by atoms with van der Waals surface area (Å²) in [6, 6.07) is 15.3. The molecule has 0 spiro atoms. The Morgan fingerprint density at radius 1 is 0.930 bits per heavy atom. The van der Waals surface area contributed by atoms with Gasteiger partial charge < -0.3 is 19.9 Å². The summed E-state index contributed by atoms with van der Waals surface area (Å²) >= 11 is 0. The van der Waals surface area contributed by atoms with Gasteiger partial charge in [0.25, 0.3) is 17.3 Å². The van der Waals surface area contributed by atoms with Gasteiger partial charge in [-0.1, -0.05) is 12.1 Å². The first kappa shape index (κ1) is 28.9. The molecule has 0 saturated heterocycles. The Labute approximate surface area is 245 Å². The molecule has 218 valence electrons. The third-order valence-corrected chi connectivity index (χ3v) is 7.01. The number of ether oxygens (including phenoxy) is 3. The molecule has 0 radical (unpaired) electrons. The molecule has 0 aliphatic heterocycles. The number of pyridine rings is 3. The van der Waals surface area contributed by atoms with E-state index < -0.39 is 23.1 Å². The van der Waals surface area contributed by atoms with Crippen molar-refractivity contribution in [3.8, 4) is 28.8 Å². The maximum absolute atomic E-state index is 13.6. The quantitative estimate of drug-likeness (QED) is 0.243. The minimum Gasteiger partial charge on any atom is -0.491 e. The van der Waals surface area contributed by atoms with E-state index >= 15 is 0 Å². The molecular weight excluding hydrogens is 555 g/mol. The maximum Gasteiger partial charge on any atom is 0.266 e. The van der Waals surface area contributed by atoms with E-state index in [2.05, 4.69) is 9.97 Å². The fraction of sp³-hybridized carbons (Fsp3) is 0.156. The van der Waals surface area contributed by atoms with Gasteiger partial charge in [0.2, 0.25) is 0 Å². The van der Waals surface area contributed by atoms with Gasteiger partial charge in [-0.15, -0.1) is 0 Å². The fourth-order valence-corrected chi connectivity index (χ4v) is 4.99. The van der Waals surface area contributed by atoms with Gasteiger partial charge in [-0.3, -0.25) is 23.9 Å². The molecule has 5 rings (SSSR count). The number of primary amides is 1. The third kappa shape index (κ3) is 5.52. The second-order valence-electron chi connectivity index (χ2n) is 9.66. The van der Waals surface area contributed by atoms with E-state index in [0.29, 0.717) is 39.5 Å². The van der Waals surface area contributed by atoms with Crippen molar-refractivity contribution in [1.82, 2.24) is 14.5 Å². The molecule has 0 fully saturated rings. The normalized spacial score (nSPS) is 10.9. The predicted molar refractivity (Wildman–Crippen MR) is 157 cm³/mol. The number of fused-ring (bicyclic) bond motifs is 1. The summed E-state index contributed by atoms with van der Waals surface area (Å²) in [6.45, 7) is 3.07. The van der Waals surface area contributed by atoms with Gasteiger partial charge in [-0.25, -0.2) is 9.37 Å². The van der Waals surface area contributed by atoms with Crippen molar-refractivity contribution in [1.29, 1.82) is 0 Å². The number of carbonyl (C=O) groups is 2. The summed E-state index contributed by atoms with van der Waals surface area (Å²) in [6.07, 6.45) is 1.46. The zero-order chi connectivity index (χ0) is 30.8. The standard InChI is InChI=1S/C32H27FN4O6/c1-17-27(30(34)39)18(2)37(21-9-7-20(33)8-10-21)32(40)28(17)24(38)15-19-5-11-22(12-6-19)43-25-13-14-35-23-16-26(41-3)31(42-4)36-29(23)25/h5-14,16H,15H2,1-4H3,(H2,34,39). The molecule has 43 heavy (non-hydrogen) atoms. The number of nitrogens with two attached hydrogens (primary N) is 1. The van der Waals surface area contributed by atoms with Crippen LogP contribution in [0.2, 0.25) is 0 Å². The van der Waals surface area contributed by atoms with Crippen molar-refractivity contribution < 1.29 is 28.2 Å². The average molecular weight is 583 g/mol. The van der Waals surface area contributed by atoms with E-state index in [-0.39, 0.29) is 34.7 Å². The molecule has 0 unspecified atom stereocenters. The number of halogens is 1. The first-order valence-electron chi connectivity index (χ1n) is 13.1. The summed E-state index contributed by atoms with van der Waals surface area (Å²) in [5.41, 5.74) is 7.29. The number of hydrogen-bond donors (Lipinski definition) is 1. The number of aromatic nitrogens is 3. The van der Waals surface area contributed by atoms with Crippen LogP contribution in [0.25, 0.3) is 16.7 Å². The largest absolute Gasteiger partial charge is 0.491 e. The number of benzene rings is 2. The van der Waals surface area contributed by atoms with Crippen LogP contribution < -0.4 is 25.5 Å². The lowest BCUT2D eigenvalue weighted by Crippen LogP contribution is -2.33. The van der Waals surface area contributed by atoms with Crippen LogP contribution in [0, 0.1) is 19.7 Å². The van der Waals surface area contributed by atoms with Crippen LogP contribution >= 0.6 is 0 Å². The van der Waals surface area contributed by atoms with Crippen LogP contribution in [-0.2, 0) is 6.42 Å². The summed E-state index contributed by atoms with van der Waals surface area (Å²) in [7, 11) is 2.99. The van der Waals surface area contributed by atoms with Crippen molar-refractivity contribution in [2.45, 2.75) is 20.3 Å². The highest BCUT2D eigenvalue weighted by Gasteiger charge is 2.25. The van der Waals surface area contributed by atoms with Gasteiger partial charge >= 0.3 is 0 Å². The summed E-state index contributed by atoms with van der Waals surface area (Å²) in [5, 5.41) is 0. The average Bonchev–Trinajstić information content (AvgIpc) is 2.98. The van der Waals surface area contributed by atoms with Crippen LogP contribution in [0.1, 0.15) is 37.5 Å². The topological polar surface area (TPSA) is 136 Å². The summed E-state index contributed by atoms with van der Waals surface area (Å²) in [5.74, 6) is -0.146. The van der Waals surface area contributed by atoms with E-state index in [9.17, 15) is 18.8 Å². The molecule has 0 aliphatic carbocycles. The Hall–Kier alpha value is -5.58. The van der Waals surface area contributed by atoms with E-state index in [1.54, 1.807) is 49.5 Å². The molecule has 1 amide bonds. The lowest BCUT2D eigenvalue weighted by Gasteiger charge is -2.18. The zero-order valence-corrected chi connectivity index (χ0v) is 23.8. The molecule has 0 bridgehead atoms. The highest BCUT2D eigenvalue weighted by molar-refractivity contribution is 6.03. The number of nitrogens with zero attached hydrogens (tertiary/aromatic N) is 3. The Balaban J connectivity index is 1.45. The highest BCUT2D eigenvalue weighted by atomic mass is 19.1. The number of ketones is 1. The predicted octanol–water partition coefficient (Wildman–Crippen LogP) is 4.87. The maximum atomic E-state index is 13.6. The molecule has 3 heterocycles. The number of hydrogen-bond acceptors (Lipinski definition) is 8. The van der Waals surface area contributed by atoms with Gasteiger partial charge in [0.15, 0.2) is 17.3 Å². The van der Waals surface area contributed by atoms with Crippen LogP contribution in [0.4, 0.5) is 4.39 Å². The molecule has 2 aromatic carbocycles. The van der Waals surface area contributed by atoms with Crippen molar-refractivity contribution in [3.05, 3.63) is 111 Å². The molecule has 0 aliphatic rings. The Kier molecular flexibility index (Phi) is 7.89. The lowest BCUT2D eigenvalue weighted by molar-refractivity contribution is 0.0990. The zero-order valence-electron chi connectivity index (χ0n) is 23.8. The molecule has 5 aromatic rings. The van der Waals surface area contributed by atoms with Crippen LogP contribution in [0.5, 0.6) is 23.1 Å². The van der Waals surface area contributed by atoms with E-state index in [1.807, 2.05) is 0 Å². The molecule has 0 saturated carbocycles. The fourth-order valence-electron chi connectivity index (χ4n) is 4.99. The van der Waals surface area contributed by atoms with Crippen molar-refractivity contribution in [2.75, 3.05) is 14.2 Å². The van der Waals surface area contributed by atoms with Gasteiger partial charge in [0, 0.05) is 36.1 Å². The molecule has 2 N–H and O–H groups in total. The number of rotatable bonds is 9. The lowest BCUT2D eigenvalue weighted by atomic mass is 9.95. The minimum atomic E-state index is -0.782. The second-order valence-corrected chi connectivity index (χ2v) is 9.66. The highest BCUT2D eigenvalue weighted by Crippen LogP contribution is 2.34. The van der Waals surface area contributed by atoms with E-state index in [4.69, 9.17) is 19.9 Å². The number of carbonyl (C=O) groups excluding carboxylic acids is 2. The van der Waals surface area contributed by atoms with Gasteiger partial charge in [0.05, 0.1) is 30.9 Å². The SMILES string of the molecule is COc1cc2nccc(Oc3ccc(CC(=O)c4c(C)c(C(N)=O)c(C)n(-c5ccc(F)cc5)c4=O)cc3)c2nc1OC. The Morgan fingerprint density at radius 2 is 1.63 bits per heavy atom. The third-order valence-electron chi connectivity index (χ3n) is 7.01. The van der Waals surface area contributed by atoms with Crippen molar-refractivity contribution in [2.24, 2.45) is 5.73 Å². The van der Waals surface area contributed by atoms with E-state index in [1.165, 1.54) is 50.0 Å². The van der Waals surface area contributed by atoms with Gasteiger partial charge in [-0.2, -0.15) is 0 Å². The van der Waals surface area contributed by atoms with Crippen molar-refractivity contribution >= 4 is 22.7 Å². The van der Waals surface area contributed by atoms with E-state index in [0.717, 1.165) is 0 Å². The van der Waals surface area contributed by atoms with Gasteiger partial charge in [-0.05, 0) is 61.4 Å². The molecule has 11 heteroatoms.